The zero-order chi connectivity index (χ0) is 37.3. The van der Waals surface area contributed by atoms with Crippen LogP contribution in [0.15, 0.2) is 91.1 Å². The van der Waals surface area contributed by atoms with E-state index in [0.717, 1.165) is 28.8 Å². The second-order valence-corrected chi connectivity index (χ2v) is 16.3. The van der Waals surface area contributed by atoms with Gasteiger partial charge in [-0.15, -0.1) is 0 Å². The van der Waals surface area contributed by atoms with Crippen LogP contribution in [0.3, 0.4) is 0 Å². The molecule has 276 valence electrons. The van der Waals surface area contributed by atoms with E-state index in [0.29, 0.717) is 24.9 Å². The molecule has 1 saturated heterocycles. The van der Waals surface area contributed by atoms with E-state index in [-0.39, 0.29) is 29.3 Å². The van der Waals surface area contributed by atoms with E-state index in [4.69, 9.17) is 0 Å². The first kappa shape index (κ1) is 38.9. The SMILES string of the molecule is CC(C)[C@H](NC(=O)c1ccc2ccccc2n1)C(=O)N[C@@H](Cc1ccccc1)[C@H](O)CN1CC[C@@H](SCc2ccccn2)C[C@H]1C(=O)NC(C)(C)C. The van der Waals surface area contributed by atoms with E-state index in [1.54, 1.807) is 12.3 Å². The molecule has 0 spiro atoms. The molecule has 11 heteroatoms. The van der Waals surface area contributed by atoms with Gasteiger partial charge >= 0.3 is 0 Å². The number of para-hydroxylation sites is 1. The Morgan fingerprint density at radius 2 is 1.67 bits per heavy atom. The molecule has 2 aromatic carbocycles. The molecule has 5 atom stereocenters. The molecule has 4 aromatic rings. The van der Waals surface area contributed by atoms with Gasteiger partial charge in [0.15, 0.2) is 0 Å². The van der Waals surface area contributed by atoms with Crippen molar-refractivity contribution < 1.29 is 19.5 Å². The van der Waals surface area contributed by atoms with Crippen molar-refractivity contribution in [3.63, 3.8) is 0 Å². The lowest BCUT2D eigenvalue weighted by molar-refractivity contribution is -0.130. The minimum atomic E-state index is -1.00. The van der Waals surface area contributed by atoms with Crippen molar-refractivity contribution >= 4 is 40.4 Å². The smallest absolute Gasteiger partial charge is 0.270 e. The number of β-amino-alcohol motifs (C(OH)–C–C–N with tert-alkyl or cyclic N) is 1. The Morgan fingerprint density at radius 3 is 2.38 bits per heavy atom. The molecule has 5 rings (SSSR count). The Hall–Kier alpha value is -4.32. The summed E-state index contributed by atoms with van der Waals surface area (Å²) in [7, 11) is 0. The lowest BCUT2D eigenvalue weighted by Crippen LogP contribution is -2.60. The Morgan fingerprint density at radius 1 is 0.942 bits per heavy atom. The fourth-order valence-corrected chi connectivity index (χ4v) is 7.67. The molecule has 10 nitrogen and oxygen atoms in total. The van der Waals surface area contributed by atoms with E-state index in [2.05, 4.69) is 30.8 Å². The third-order valence-corrected chi connectivity index (χ3v) is 10.6. The number of carbonyl (C=O) groups excluding carboxylic acids is 3. The molecule has 2 aromatic heterocycles. The molecule has 0 aliphatic carbocycles. The highest BCUT2D eigenvalue weighted by molar-refractivity contribution is 7.99. The van der Waals surface area contributed by atoms with Gasteiger partial charge in [-0.1, -0.05) is 74.5 Å². The first-order valence-corrected chi connectivity index (χ1v) is 19.2. The number of aromatic nitrogens is 2. The Labute approximate surface area is 311 Å². The summed E-state index contributed by atoms with van der Waals surface area (Å²) in [5, 5.41) is 22.2. The van der Waals surface area contributed by atoms with Gasteiger partial charge in [-0.3, -0.25) is 24.3 Å². The lowest BCUT2D eigenvalue weighted by Gasteiger charge is -2.41. The fourth-order valence-electron chi connectivity index (χ4n) is 6.50. The summed E-state index contributed by atoms with van der Waals surface area (Å²) in [6.07, 6.45) is 2.64. The fraction of sp³-hybridized carbons (Fsp3) is 0.439. The Balaban J connectivity index is 1.31. The van der Waals surface area contributed by atoms with Crippen LogP contribution in [0.1, 0.15) is 69.2 Å². The monoisotopic (exact) mass is 724 g/mol. The summed E-state index contributed by atoms with van der Waals surface area (Å²) >= 11 is 1.81. The van der Waals surface area contributed by atoms with E-state index in [1.165, 1.54) is 0 Å². The summed E-state index contributed by atoms with van der Waals surface area (Å²) in [5.74, 6) is -0.396. The number of fused-ring (bicyclic) bond motifs is 1. The average Bonchev–Trinajstić information content (AvgIpc) is 3.12. The molecule has 0 saturated carbocycles. The Kier molecular flexibility index (Phi) is 13.4. The van der Waals surface area contributed by atoms with Crippen molar-refractivity contribution in [2.24, 2.45) is 5.92 Å². The lowest BCUT2D eigenvalue weighted by atomic mass is 9.95. The van der Waals surface area contributed by atoms with Crippen molar-refractivity contribution in [3.8, 4) is 0 Å². The van der Waals surface area contributed by atoms with Crippen molar-refractivity contribution in [3.05, 3.63) is 108 Å². The number of carbonyl (C=O) groups is 3. The van der Waals surface area contributed by atoms with Crippen LogP contribution in [0.5, 0.6) is 0 Å². The molecule has 1 aliphatic heterocycles. The predicted octanol–water partition coefficient (Wildman–Crippen LogP) is 5.15. The first-order valence-electron chi connectivity index (χ1n) is 18.1. The predicted molar refractivity (Wildman–Crippen MR) is 208 cm³/mol. The van der Waals surface area contributed by atoms with Gasteiger partial charge in [0.2, 0.25) is 11.8 Å². The normalized spacial score (nSPS) is 18.4. The Bertz CT molecular complexity index is 1780. The van der Waals surface area contributed by atoms with E-state index in [9.17, 15) is 19.5 Å². The van der Waals surface area contributed by atoms with E-state index < -0.39 is 41.6 Å². The van der Waals surface area contributed by atoms with Crippen molar-refractivity contribution in [1.82, 2.24) is 30.8 Å². The van der Waals surface area contributed by atoms with Gasteiger partial charge in [-0.05, 0) is 75.8 Å². The molecule has 0 radical (unpaired) electrons. The van der Waals surface area contributed by atoms with Gasteiger partial charge in [-0.2, -0.15) is 11.8 Å². The molecule has 52 heavy (non-hydrogen) atoms. The average molecular weight is 725 g/mol. The van der Waals surface area contributed by atoms with Crippen LogP contribution in [-0.4, -0.2) is 85.8 Å². The molecule has 3 amide bonds. The van der Waals surface area contributed by atoms with Gasteiger partial charge < -0.3 is 21.1 Å². The summed E-state index contributed by atoms with van der Waals surface area (Å²) in [5.41, 5.74) is 2.45. The topological polar surface area (TPSA) is 137 Å². The van der Waals surface area contributed by atoms with E-state index in [1.807, 2.05) is 125 Å². The number of nitrogens with zero attached hydrogens (tertiary/aromatic N) is 3. The number of hydrogen-bond donors (Lipinski definition) is 4. The molecule has 3 heterocycles. The zero-order valence-corrected chi connectivity index (χ0v) is 31.6. The number of nitrogens with one attached hydrogen (secondary N) is 3. The number of piperidine rings is 1. The minimum Gasteiger partial charge on any atom is -0.390 e. The number of aliphatic hydroxyl groups is 1. The van der Waals surface area contributed by atoms with Crippen LogP contribution < -0.4 is 16.0 Å². The van der Waals surface area contributed by atoms with Gasteiger partial charge in [0, 0.05) is 41.2 Å². The van der Waals surface area contributed by atoms with Gasteiger partial charge in [-0.25, -0.2) is 4.98 Å². The number of likely N-dealkylation sites (tertiary alicyclic amines) is 1. The summed E-state index contributed by atoms with van der Waals surface area (Å²) in [4.78, 5) is 52.1. The molecule has 1 fully saturated rings. The number of hydrogen-bond acceptors (Lipinski definition) is 8. The summed E-state index contributed by atoms with van der Waals surface area (Å²) in [6, 6.07) is 24.6. The van der Waals surface area contributed by atoms with Gasteiger partial charge in [0.05, 0.1) is 29.4 Å². The minimum absolute atomic E-state index is 0.0728. The van der Waals surface area contributed by atoms with Crippen LogP contribution in [0.4, 0.5) is 0 Å². The molecular weight excluding hydrogens is 673 g/mol. The molecule has 1 aliphatic rings. The highest BCUT2D eigenvalue weighted by Gasteiger charge is 2.38. The summed E-state index contributed by atoms with van der Waals surface area (Å²) in [6.45, 7) is 10.4. The third kappa shape index (κ3) is 11.1. The maximum Gasteiger partial charge on any atom is 0.270 e. The van der Waals surface area contributed by atoms with Crippen molar-refractivity contribution in [1.29, 1.82) is 0 Å². The third-order valence-electron chi connectivity index (χ3n) is 9.24. The van der Waals surface area contributed by atoms with Crippen LogP contribution in [0.2, 0.25) is 0 Å². The number of aliphatic hydroxyl groups excluding tert-OH is 1. The van der Waals surface area contributed by atoms with Gasteiger partial charge in [0.25, 0.3) is 5.91 Å². The standard InChI is InChI=1S/C41H52N6O4S/c1-27(2)37(45-38(49)33-19-18-29-15-9-10-17-32(29)43-33)40(51)44-34(23-28-13-7-6-8-14-28)36(48)25-47-22-20-31(52-26-30-16-11-12-21-42-30)24-35(47)39(50)46-41(3,4)5/h6-19,21,27,31,34-37,48H,20,22-26H2,1-5H3,(H,44,51)(H,45,49)(H,46,50)/t31-,34+,35+,36-,37+/m1/s1. The second kappa shape index (κ2) is 17.9. The first-order chi connectivity index (χ1) is 24.9. The maximum absolute atomic E-state index is 14.0. The zero-order valence-electron chi connectivity index (χ0n) is 30.8. The number of pyridine rings is 2. The molecule has 4 N–H and O–H groups in total. The van der Waals surface area contributed by atoms with Crippen LogP contribution in [-0.2, 0) is 21.8 Å². The molecule has 0 bridgehead atoms. The quantitative estimate of drug-likeness (QED) is 0.140. The highest BCUT2D eigenvalue weighted by Crippen LogP contribution is 2.30. The number of rotatable bonds is 14. The van der Waals surface area contributed by atoms with Crippen molar-refractivity contribution in [2.45, 2.75) is 94.7 Å². The largest absolute Gasteiger partial charge is 0.390 e. The number of benzene rings is 2. The second-order valence-electron chi connectivity index (χ2n) is 15.0. The maximum atomic E-state index is 14.0. The van der Waals surface area contributed by atoms with Crippen LogP contribution in [0, 0.1) is 5.92 Å². The highest BCUT2D eigenvalue weighted by atomic mass is 32.2. The van der Waals surface area contributed by atoms with Crippen molar-refractivity contribution in [2.75, 3.05) is 13.1 Å². The molecular formula is C41H52N6O4S. The molecule has 0 unspecified atom stereocenters. The number of thioether (sulfide) groups is 1. The summed E-state index contributed by atoms with van der Waals surface area (Å²) < 4.78 is 0. The van der Waals surface area contributed by atoms with E-state index >= 15 is 0 Å². The van der Waals surface area contributed by atoms with Gasteiger partial charge in [0.1, 0.15) is 11.7 Å². The van der Waals surface area contributed by atoms with Crippen LogP contribution >= 0.6 is 11.8 Å². The van der Waals surface area contributed by atoms with Crippen LogP contribution in [0.25, 0.3) is 10.9 Å². The number of amides is 3.